The van der Waals surface area contributed by atoms with Crippen molar-refractivity contribution < 1.29 is 18.4 Å². The van der Waals surface area contributed by atoms with Gasteiger partial charge in [0, 0.05) is 30.8 Å². The topological polar surface area (TPSA) is 77.1 Å². The van der Waals surface area contributed by atoms with E-state index in [0.29, 0.717) is 18.1 Å². The van der Waals surface area contributed by atoms with Gasteiger partial charge in [-0.25, -0.2) is 4.39 Å². The fraction of sp³-hybridized carbons (Fsp3) is 0.105. The van der Waals surface area contributed by atoms with Gasteiger partial charge < -0.3 is 9.73 Å². The number of hydrogen-bond acceptors (Lipinski definition) is 4. The molecule has 0 atom stereocenters. The van der Waals surface area contributed by atoms with E-state index < -0.39 is 11.7 Å². The monoisotopic (exact) mass is 387 g/mol. The van der Waals surface area contributed by atoms with Gasteiger partial charge in [0.1, 0.15) is 11.6 Å². The molecule has 0 fully saturated rings. The lowest BCUT2D eigenvalue weighted by Crippen LogP contribution is -2.09. The van der Waals surface area contributed by atoms with E-state index in [2.05, 4.69) is 10.4 Å². The van der Waals surface area contributed by atoms with Gasteiger partial charge in [-0.1, -0.05) is 17.7 Å². The molecule has 0 saturated carbocycles. The summed E-state index contributed by atoms with van der Waals surface area (Å²) in [4.78, 5) is 23.2. The highest BCUT2D eigenvalue weighted by atomic mass is 35.5. The number of ketones is 1. The Balaban J connectivity index is 1.62. The molecule has 1 amide bonds. The average Bonchev–Trinajstić information content (AvgIpc) is 3.24. The van der Waals surface area contributed by atoms with Crippen molar-refractivity contribution >= 4 is 35.2 Å². The fourth-order valence-electron chi connectivity index (χ4n) is 2.33. The molecule has 2 aromatic heterocycles. The number of carbonyl (C=O) groups excluding carboxylic acids is 2. The van der Waals surface area contributed by atoms with Crippen LogP contribution in [0.5, 0.6) is 0 Å². The number of aromatic nitrogens is 2. The first-order valence-corrected chi connectivity index (χ1v) is 8.36. The summed E-state index contributed by atoms with van der Waals surface area (Å²) in [6.07, 6.45) is 4.13. The van der Waals surface area contributed by atoms with Crippen LogP contribution in [-0.4, -0.2) is 21.5 Å². The Labute approximate surface area is 159 Å². The molecule has 138 valence electrons. The zero-order valence-corrected chi connectivity index (χ0v) is 15.0. The quantitative estimate of drug-likeness (QED) is 0.508. The van der Waals surface area contributed by atoms with Crippen LogP contribution in [0.4, 0.5) is 10.2 Å². The third-order valence-corrected chi connectivity index (χ3v) is 3.95. The van der Waals surface area contributed by atoms with E-state index in [9.17, 15) is 14.0 Å². The van der Waals surface area contributed by atoms with Gasteiger partial charge in [-0.15, -0.1) is 0 Å². The van der Waals surface area contributed by atoms with E-state index in [1.807, 2.05) is 0 Å². The summed E-state index contributed by atoms with van der Waals surface area (Å²) in [7, 11) is 0. The fourth-order valence-corrected chi connectivity index (χ4v) is 2.55. The van der Waals surface area contributed by atoms with Crippen molar-refractivity contribution in [2.75, 3.05) is 5.32 Å². The first-order valence-electron chi connectivity index (χ1n) is 7.98. The minimum Gasteiger partial charge on any atom is -0.456 e. The summed E-state index contributed by atoms with van der Waals surface area (Å²) in [6, 6.07) is 9.18. The third kappa shape index (κ3) is 4.71. The molecule has 1 N–H and O–H groups in total. The van der Waals surface area contributed by atoms with Crippen molar-refractivity contribution in [1.29, 1.82) is 0 Å². The lowest BCUT2D eigenvalue weighted by atomic mass is 10.2. The lowest BCUT2D eigenvalue weighted by molar-refractivity contribution is -0.111. The van der Waals surface area contributed by atoms with Crippen molar-refractivity contribution in [3.8, 4) is 0 Å². The number of benzene rings is 1. The molecule has 2 heterocycles. The SMILES string of the molecule is CC(=O)c1ccc(Cn2ccc(NC(=O)/C=C/c3c(F)cccc3Cl)n2)o1. The predicted molar refractivity (Wildman–Crippen MR) is 99.1 cm³/mol. The molecular weight excluding hydrogens is 373 g/mol. The van der Waals surface area contributed by atoms with Crippen molar-refractivity contribution in [2.24, 2.45) is 0 Å². The van der Waals surface area contributed by atoms with Crippen LogP contribution in [0.3, 0.4) is 0 Å². The van der Waals surface area contributed by atoms with E-state index in [-0.39, 0.29) is 22.1 Å². The zero-order valence-electron chi connectivity index (χ0n) is 14.3. The van der Waals surface area contributed by atoms with Crippen LogP contribution in [0.2, 0.25) is 5.02 Å². The first-order chi connectivity index (χ1) is 12.9. The van der Waals surface area contributed by atoms with Gasteiger partial charge in [-0.3, -0.25) is 14.3 Å². The zero-order chi connectivity index (χ0) is 19.4. The number of Topliss-reactive ketones (excluding diaryl/α,β-unsaturated/α-hetero) is 1. The standard InChI is InChI=1S/C19H15ClFN3O3/c1-12(25)17-7-5-13(27-17)11-24-10-9-18(23-24)22-19(26)8-6-14-15(20)3-2-4-16(14)21/h2-10H,11H2,1H3,(H,22,23,26)/b8-6+. The van der Waals surface area contributed by atoms with Crippen LogP contribution < -0.4 is 5.32 Å². The molecule has 0 unspecified atom stereocenters. The van der Waals surface area contributed by atoms with Crippen LogP contribution >= 0.6 is 11.6 Å². The molecule has 0 aliphatic heterocycles. The molecule has 0 saturated heterocycles. The Hall–Kier alpha value is -3.19. The summed E-state index contributed by atoms with van der Waals surface area (Å²) in [5.74, 6) is 0.0209. The molecule has 1 aromatic carbocycles. The minimum absolute atomic E-state index is 0.138. The van der Waals surface area contributed by atoms with E-state index in [1.54, 1.807) is 29.1 Å². The molecule has 8 heteroatoms. The van der Waals surface area contributed by atoms with Crippen molar-refractivity contribution in [3.05, 3.63) is 76.6 Å². The summed E-state index contributed by atoms with van der Waals surface area (Å²) < 4.78 is 20.6. The number of rotatable bonds is 6. The van der Waals surface area contributed by atoms with E-state index in [0.717, 1.165) is 0 Å². The molecule has 0 aliphatic carbocycles. The molecular formula is C19H15ClFN3O3. The third-order valence-electron chi connectivity index (χ3n) is 3.62. The van der Waals surface area contributed by atoms with Gasteiger partial charge >= 0.3 is 0 Å². The summed E-state index contributed by atoms with van der Waals surface area (Å²) in [5, 5.41) is 6.98. The maximum Gasteiger partial charge on any atom is 0.249 e. The highest BCUT2D eigenvalue weighted by Crippen LogP contribution is 2.20. The minimum atomic E-state index is -0.515. The number of furan rings is 1. The highest BCUT2D eigenvalue weighted by Gasteiger charge is 2.09. The molecule has 3 aromatic rings. The van der Waals surface area contributed by atoms with Gasteiger partial charge in [-0.2, -0.15) is 5.10 Å². The largest absolute Gasteiger partial charge is 0.456 e. The van der Waals surface area contributed by atoms with Crippen LogP contribution in [-0.2, 0) is 11.3 Å². The molecule has 0 radical (unpaired) electrons. The summed E-state index contributed by atoms with van der Waals surface area (Å²) in [6.45, 7) is 1.73. The number of hydrogen-bond donors (Lipinski definition) is 1. The van der Waals surface area contributed by atoms with Gasteiger partial charge in [-0.05, 0) is 30.3 Å². The first kappa shape index (κ1) is 18.6. The normalized spacial score (nSPS) is 11.1. The molecule has 0 aliphatic rings. The number of anilines is 1. The van der Waals surface area contributed by atoms with Crippen LogP contribution in [0.25, 0.3) is 6.08 Å². The number of carbonyl (C=O) groups is 2. The second kappa shape index (κ2) is 8.01. The van der Waals surface area contributed by atoms with Crippen molar-refractivity contribution in [1.82, 2.24) is 9.78 Å². The van der Waals surface area contributed by atoms with Crippen molar-refractivity contribution in [2.45, 2.75) is 13.5 Å². The van der Waals surface area contributed by atoms with E-state index in [1.165, 1.54) is 37.3 Å². The van der Waals surface area contributed by atoms with Gasteiger partial charge in [0.05, 0.1) is 11.6 Å². The highest BCUT2D eigenvalue weighted by molar-refractivity contribution is 6.32. The van der Waals surface area contributed by atoms with E-state index >= 15 is 0 Å². The van der Waals surface area contributed by atoms with E-state index in [4.69, 9.17) is 16.0 Å². The van der Waals surface area contributed by atoms with Crippen LogP contribution in [0.15, 0.2) is 53.1 Å². The number of nitrogens with zero attached hydrogens (tertiary/aromatic N) is 2. The Morgan fingerprint density at radius 3 is 2.81 bits per heavy atom. The second-order valence-electron chi connectivity index (χ2n) is 5.68. The smallest absolute Gasteiger partial charge is 0.249 e. The predicted octanol–water partition coefficient (Wildman–Crippen LogP) is 4.17. The Bertz CT molecular complexity index is 1000. The molecule has 27 heavy (non-hydrogen) atoms. The Morgan fingerprint density at radius 2 is 2.11 bits per heavy atom. The average molecular weight is 388 g/mol. The Kier molecular flexibility index (Phi) is 5.52. The molecule has 0 spiro atoms. The number of halogens is 2. The lowest BCUT2D eigenvalue weighted by Gasteiger charge is -2.00. The molecule has 6 nitrogen and oxygen atoms in total. The Morgan fingerprint density at radius 1 is 1.30 bits per heavy atom. The number of nitrogens with one attached hydrogen (secondary N) is 1. The molecule has 3 rings (SSSR count). The van der Waals surface area contributed by atoms with Gasteiger partial charge in [0.15, 0.2) is 17.4 Å². The second-order valence-corrected chi connectivity index (χ2v) is 6.09. The summed E-state index contributed by atoms with van der Waals surface area (Å²) >= 11 is 5.91. The van der Waals surface area contributed by atoms with Crippen LogP contribution in [0.1, 0.15) is 28.8 Å². The van der Waals surface area contributed by atoms with Crippen molar-refractivity contribution in [3.63, 3.8) is 0 Å². The molecule has 0 bridgehead atoms. The number of amides is 1. The van der Waals surface area contributed by atoms with Gasteiger partial charge in [0.2, 0.25) is 5.91 Å². The van der Waals surface area contributed by atoms with Crippen LogP contribution in [0, 0.1) is 5.82 Å². The van der Waals surface area contributed by atoms with Gasteiger partial charge in [0.25, 0.3) is 0 Å². The maximum atomic E-state index is 13.7. The maximum absolute atomic E-state index is 13.7. The summed E-state index contributed by atoms with van der Waals surface area (Å²) in [5.41, 5.74) is 0.138.